The van der Waals surface area contributed by atoms with Gasteiger partial charge in [-0.3, -0.25) is 9.69 Å². The number of hydrogen-bond donors (Lipinski definition) is 2. The number of halogens is 1. The van der Waals surface area contributed by atoms with Gasteiger partial charge in [0.2, 0.25) is 0 Å². The molecule has 2 aromatic carbocycles. The van der Waals surface area contributed by atoms with E-state index in [4.69, 9.17) is 20.8 Å². The first-order valence-electron chi connectivity index (χ1n) is 9.65. The van der Waals surface area contributed by atoms with Gasteiger partial charge in [0.05, 0.1) is 31.0 Å². The van der Waals surface area contributed by atoms with Crippen LogP contribution in [0.25, 0.3) is 6.08 Å². The van der Waals surface area contributed by atoms with Gasteiger partial charge in [-0.15, -0.1) is 5.10 Å². The lowest BCUT2D eigenvalue weighted by Gasteiger charge is -2.12. The Bertz CT molecular complexity index is 1270. The number of thioether (sulfide) groups is 1. The fourth-order valence-corrected chi connectivity index (χ4v) is 4.10. The van der Waals surface area contributed by atoms with Crippen molar-refractivity contribution in [1.29, 1.82) is 0 Å². The first-order valence-corrected chi connectivity index (χ1v) is 10.8. The largest absolute Gasteiger partial charge is 0.507 e. The second kappa shape index (κ2) is 9.85. The summed E-state index contributed by atoms with van der Waals surface area (Å²) >= 11 is 7.11. The third-order valence-electron chi connectivity index (χ3n) is 4.61. The molecule has 1 saturated heterocycles. The first-order chi connectivity index (χ1) is 15.9. The molecule has 10 heteroatoms. The summed E-state index contributed by atoms with van der Waals surface area (Å²) in [6.45, 7) is 0.172. The Morgan fingerprint density at radius 2 is 2.00 bits per heavy atom. The third-order valence-corrected chi connectivity index (χ3v) is 5.85. The molecule has 168 valence electrons. The van der Waals surface area contributed by atoms with Crippen molar-refractivity contribution in [3.8, 4) is 17.2 Å². The summed E-state index contributed by atoms with van der Waals surface area (Å²) in [5.74, 6) is 0.619. The molecule has 0 atom stereocenters. The van der Waals surface area contributed by atoms with Crippen LogP contribution in [0.4, 0.5) is 0 Å². The number of phenolic OH excluding ortho intramolecular Hbond substituents is 2. The summed E-state index contributed by atoms with van der Waals surface area (Å²) in [6.07, 6.45) is 4.56. The number of carbonyl (C=O) groups is 1. The van der Waals surface area contributed by atoms with Crippen LogP contribution in [-0.2, 0) is 11.3 Å². The molecule has 1 aromatic heterocycles. The van der Waals surface area contributed by atoms with Crippen molar-refractivity contribution in [3.63, 3.8) is 0 Å². The SMILES string of the molecule is COc1cc(/C=C2\S/C(=N/N=C\c3cc(Cl)ccc3O)N(Cc3ccco3)C2=O)ccc1O. The lowest BCUT2D eigenvalue weighted by molar-refractivity contribution is -0.122. The molecule has 1 amide bonds. The predicted molar refractivity (Wildman–Crippen MR) is 128 cm³/mol. The molecule has 33 heavy (non-hydrogen) atoms. The quantitative estimate of drug-likeness (QED) is 0.294. The molecule has 3 aromatic rings. The Hall–Kier alpha value is -3.69. The molecule has 0 bridgehead atoms. The summed E-state index contributed by atoms with van der Waals surface area (Å²) in [7, 11) is 1.45. The number of phenols is 2. The van der Waals surface area contributed by atoms with Crippen molar-refractivity contribution in [1.82, 2.24) is 4.90 Å². The Labute approximate surface area is 198 Å². The van der Waals surface area contributed by atoms with E-state index in [2.05, 4.69) is 10.2 Å². The summed E-state index contributed by atoms with van der Waals surface area (Å²) in [5.41, 5.74) is 1.07. The average molecular weight is 484 g/mol. The molecule has 0 spiro atoms. The number of methoxy groups -OCH3 is 1. The van der Waals surface area contributed by atoms with Crippen LogP contribution >= 0.6 is 23.4 Å². The van der Waals surface area contributed by atoms with Gasteiger partial charge in [0.25, 0.3) is 5.91 Å². The Morgan fingerprint density at radius 3 is 2.76 bits per heavy atom. The van der Waals surface area contributed by atoms with Crippen molar-refractivity contribution in [3.05, 3.63) is 81.6 Å². The van der Waals surface area contributed by atoms with Gasteiger partial charge in [-0.1, -0.05) is 17.7 Å². The smallest absolute Gasteiger partial charge is 0.267 e. The number of hydrogen-bond acceptors (Lipinski definition) is 8. The van der Waals surface area contributed by atoms with Crippen LogP contribution in [0.15, 0.2) is 74.3 Å². The molecule has 2 heterocycles. The van der Waals surface area contributed by atoms with Gasteiger partial charge in [-0.2, -0.15) is 5.10 Å². The first kappa shape index (κ1) is 22.5. The fraction of sp³-hybridized carbons (Fsp3) is 0.0870. The minimum Gasteiger partial charge on any atom is -0.507 e. The van der Waals surface area contributed by atoms with Crippen molar-refractivity contribution in [2.45, 2.75) is 6.54 Å². The van der Waals surface area contributed by atoms with E-state index in [-0.39, 0.29) is 24.0 Å². The molecule has 0 aliphatic carbocycles. The molecule has 2 N–H and O–H groups in total. The van der Waals surface area contributed by atoms with E-state index in [0.717, 1.165) is 11.8 Å². The normalized spacial score (nSPS) is 16.4. The van der Waals surface area contributed by atoms with E-state index in [9.17, 15) is 15.0 Å². The minimum atomic E-state index is -0.275. The number of amides is 1. The maximum atomic E-state index is 13.1. The second-order valence-corrected chi connectivity index (χ2v) is 8.29. The van der Waals surface area contributed by atoms with E-state index in [1.165, 1.54) is 36.6 Å². The number of ether oxygens (including phenoxy) is 1. The van der Waals surface area contributed by atoms with Crippen LogP contribution in [0.2, 0.25) is 5.02 Å². The predicted octanol–water partition coefficient (Wildman–Crippen LogP) is 4.86. The summed E-state index contributed by atoms with van der Waals surface area (Å²) in [6, 6.07) is 12.9. The van der Waals surface area contributed by atoms with Crippen LogP contribution in [-0.4, -0.2) is 39.5 Å². The molecule has 0 saturated carbocycles. The molecule has 4 rings (SSSR count). The van der Waals surface area contributed by atoms with Crippen molar-refractivity contribution >= 4 is 46.7 Å². The molecule has 8 nitrogen and oxygen atoms in total. The third kappa shape index (κ3) is 5.21. The number of aromatic hydroxyl groups is 2. The highest BCUT2D eigenvalue weighted by Crippen LogP contribution is 2.35. The minimum absolute atomic E-state index is 0.00496. The molecule has 1 aliphatic heterocycles. The molecule has 0 unspecified atom stereocenters. The van der Waals surface area contributed by atoms with Gasteiger partial charge < -0.3 is 19.4 Å². The Morgan fingerprint density at radius 1 is 1.18 bits per heavy atom. The number of furan rings is 1. The zero-order valence-corrected chi connectivity index (χ0v) is 18.9. The summed E-state index contributed by atoms with van der Waals surface area (Å²) < 4.78 is 10.5. The average Bonchev–Trinajstić information content (AvgIpc) is 3.41. The zero-order chi connectivity index (χ0) is 23.4. The second-order valence-electron chi connectivity index (χ2n) is 6.84. The summed E-state index contributed by atoms with van der Waals surface area (Å²) in [5, 5.41) is 28.8. The van der Waals surface area contributed by atoms with E-state index >= 15 is 0 Å². The number of rotatable bonds is 6. The van der Waals surface area contributed by atoms with Crippen molar-refractivity contribution in [2.24, 2.45) is 10.2 Å². The van der Waals surface area contributed by atoms with E-state index in [1.807, 2.05) is 0 Å². The van der Waals surface area contributed by atoms with Crippen LogP contribution in [0.5, 0.6) is 17.2 Å². The van der Waals surface area contributed by atoms with Gasteiger partial charge in [-0.05, 0) is 65.9 Å². The topological polar surface area (TPSA) is 108 Å². The van der Waals surface area contributed by atoms with E-state index < -0.39 is 0 Å². The standard InChI is InChI=1S/C23H18ClN3O5S/c1-31-20-9-14(4-6-19(20)29)10-21-22(30)27(13-17-3-2-8-32-17)23(33-21)26-25-12-15-11-16(24)5-7-18(15)28/h2-12,28-29H,13H2,1H3/b21-10-,25-12-,26-23+. The maximum absolute atomic E-state index is 13.1. The molecular formula is C23H18ClN3O5S. The van der Waals surface area contributed by atoms with E-state index in [0.29, 0.717) is 37.7 Å². The zero-order valence-electron chi connectivity index (χ0n) is 17.3. The van der Waals surface area contributed by atoms with Crippen LogP contribution in [0.3, 0.4) is 0 Å². The van der Waals surface area contributed by atoms with Crippen LogP contribution < -0.4 is 4.74 Å². The molecular weight excluding hydrogens is 466 g/mol. The lowest BCUT2D eigenvalue weighted by Crippen LogP contribution is -2.28. The van der Waals surface area contributed by atoms with Gasteiger partial charge >= 0.3 is 0 Å². The maximum Gasteiger partial charge on any atom is 0.267 e. The highest BCUT2D eigenvalue weighted by atomic mass is 35.5. The number of amidine groups is 1. The number of benzene rings is 2. The lowest BCUT2D eigenvalue weighted by atomic mass is 10.2. The number of nitrogens with zero attached hydrogens (tertiary/aromatic N) is 3. The number of carbonyl (C=O) groups excluding carboxylic acids is 1. The monoisotopic (exact) mass is 483 g/mol. The van der Waals surface area contributed by atoms with Gasteiger partial charge in [0.1, 0.15) is 11.5 Å². The summed E-state index contributed by atoms with van der Waals surface area (Å²) in [4.78, 5) is 15.0. The van der Waals surface area contributed by atoms with Crippen molar-refractivity contribution in [2.75, 3.05) is 7.11 Å². The highest BCUT2D eigenvalue weighted by molar-refractivity contribution is 8.18. The van der Waals surface area contributed by atoms with Gasteiger partial charge in [-0.25, -0.2) is 0 Å². The van der Waals surface area contributed by atoms with Gasteiger partial charge in [0, 0.05) is 10.6 Å². The Kier molecular flexibility index (Phi) is 6.71. The Balaban J connectivity index is 1.65. The van der Waals surface area contributed by atoms with Gasteiger partial charge in [0.15, 0.2) is 16.7 Å². The molecule has 0 radical (unpaired) electrons. The van der Waals surface area contributed by atoms with E-state index in [1.54, 1.807) is 42.5 Å². The van der Waals surface area contributed by atoms with Crippen LogP contribution in [0, 0.1) is 0 Å². The van der Waals surface area contributed by atoms with Crippen LogP contribution in [0.1, 0.15) is 16.9 Å². The van der Waals surface area contributed by atoms with Crippen molar-refractivity contribution < 1.29 is 24.2 Å². The highest BCUT2D eigenvalue weighted by Gasteiger charge is 2.34. The molecule has 1 aliphatic rings. The molecule has 1 fully saturated rings. The fourth-order valence-electron chi connectivity index (χ4n) is 2.99.